The number of rotatable bonds is 4. The molecule has 0 saturated carbocycles. The molecule has 1 aromatic carbocycles. The van der Waals surface area contributed by atoms with Crippen molar-refractivity contribution < 1.29 is 9.90 Å². The highest BCUT2D eigenvalue weighted by atomic mass is 32.2. The number of aliphatic hydroxyl groups is 1. The van der Waals surface area contributed by atoms with Crippen molar-refractivity contribution in [2.45, 2.75) is 17.3 Å². The first-order valence-electron chi connectivity index (χ1n) is 4.54. The molecule has 1 aromatic rings. The number of benzene rings is 1. The third-order valence-corrected chi connectivity index (χ3v) is 2.66. The van der Waals surface area contributed by atoms with Gasteiger partial charge in [0.05, 0.1) is 0 Å². The second-order valence-electron chi connectivity index (χ2n) is 3.01. The van der Waals surface area contributed by atoms with Crippen LogP contribution in [0.1, 0.15) is 6.92 Å². The largest absolute Gasteiger partial charge is 0.381 e. The number of nitrogens with two attached hydrogens (primary N) is 1. The summed E-state index contributed by atoms with van der Waals surface area (Å²) >= 11 is 1.29. The molecule has 0 aliphatic heterocycles. The molecule has 1 unspecified atom stereocenters. The van der Waals surface area contributed by atoms with Gasteiger partial charge in [-0.15, -0.1) is 0 Å². The first-order chi connectivity index (χ1) is 7.11. The number of carbonyl (C=O) groups excluding carboxylic acids is 1. The molecule has 0 spiro atoms. The van der Waals surface area contributed by atoms with Crippen LogP contribution in [0.2, 0.25) is 0 Å². The first kappa shape index (κ1) is 12.0. The Kier molecular flexibility index (Phi) is 4.61. The maximum Gasteiger partial charge on any atom is 0.221 e. The monoisotopic (exact) mass is 226 g/mol. The summed E-state index contributed by atoms with van der Waals surface area (Å²) in [4.78, 5) is 11.7. The number of hydrogen-bond acceptors (Lipinski definition) is 4. The minimum atomic E-state index is -0.586. The normalized spacial score (nSPS) is 12.2. The molecule has 0 saturated heterocycles. The summed E-state index contributed by atoms with van der Waals surface area (Å²) in [6, 6.07) is 7.23. The van der Waals surface area contributed by atoms with Gasteiger partial charge in [-0.3, -0.25) is 4.79 Å². The van der Waals surface area contributed by atoms with Gasteiger partial charge in [0.15, 0.2) is 0 Å². The van der Waals surface area contributed by atoms with E-state index >= 15 is 0 Å². The van der Waals surface area contributed by atoms with Crippen LogP contribution in [0.3, 0.4) is 0 Å². The second-order valence-corrected chi connectivity index (χ2v) is 4.27. The SMILES string of the molecule is CC(=O)Nc1ccc(SC(O)CN)cc1. The predicted octanol–water partition coefficient (Wildman–Crippen LogP) is 1.01. The summed E-state index contributed by atoms with van der Waals surface area (Å²) in [5, 5.41) is 12.0. The van der Waals surface area contributed by atoms with Crippen molar-refractivity contribution >= 4 is 23.4 Å². The highest BCUT2D eigenvalue weighted by Crippen LogP contribution is 2.22. The zero-order chi connectivity index (χ0) is 11.3. The summed E-state index contributed by atoms with van der Waals surface area (Å²) in [6.07, 6.45) is 0. The standard InChI is InChI=1S/C10H14N2O2S/c1-7(13)12-8-2-4-9(5-3-8)15-10(14)6-11/h2-5,10,14H,6,11H2,1H3,(H,12,13). The van der Waals surface area contributed by atoms with Crippen molar-refractivity contribution in [2.24, 2.45) is 5.73 Å². The Bertz CT molecular complexity index is 327. The number of hydrogen-bond donors (Lipinski definition) is 3. The maximum atomic E-state index is 10.7. The van der Waals surface area contributed by atoms with Crippen LogP contribution in [-0.4, -0.2) is 23.0 Å². The van der Waals surface area contributed by atoms with Gasteiger partial charge in [0, 0.05) is 24.1 Å². The van der Waals surface area contributed by atoms with Gasteiger partial charge in [-0.1, -0.05) is 11.8 Å². The van der Waals surface area contributed by atoms with E-state index in [0.29, 0.717) is 0 Å². The smallest absolute Gasteiger partial charge is 0.221 e. The van der Waals surface area contributed by atoms with Crippen molar-refractivity contribution in [1.29, 1.82) is 0 Å². The maximum absolute atomic E-state index is 10.7. The Morgan fingerprint density at radius 2 is 2.13 bits per heavy atom. The molecule has 0 radical (unpaired) electrons. The fourth-order valence-electron chi connectivity index (χ4n) is 1.03. The average Bonchev–Trinajstić information content (AvgIpc) is 2.20. The van der Waals surface area contributed by atoms with Crippen molar-refractivity contribution in [3.63, 3.8) is 0 Å². The Labute approximate surface area is 92.9 Å². The quantitative estimate of drug-likeness (QED) is 0.529. The number of thioether (sulfide) groups is 1. The van der Waals surface area contributed by atoms with Gasteiger partial charge in [0.25, 0.3) is 0 Å². The van der Waals surface area contributed by atoms with E-state index in [1.54, 1.807) is 12.1 Å². The Balaban J connectivity index is 2.60. The van der Waals surface area contributed by atoms with Crippen LogP contribution >= 0.6 is 11.8 Å². The minimum absolute atomic E-state index is 0.0996. The number of aliphatic hydroxyl groups excluding tert-OH is 1. The lowest BCUT2D eigenvalue weighted by molar-refractivity contribution is -0.114. The molecule has 1 rings (SSSR count). The minimum Gasteiger partial charge on any atom is -0.381 e. The van der Waals surface area contributed by atoms with Crippen LogP contribution in [0, 0.1) is 0 Å². The number of nitrogens with one attached hydrogen (secondary N) is 1. The lowest BCUT2D eigenvalue weighted by atomic mass is 10.3. The summed E-state index contributed by atoms with van der Waals surface area (Å²) < 4.78 is 0. The average molecular weight is 226 g/mol. The van der Waals surface area contributed by atoms with Crippen molar-refractivity contribution in [3.05, 3.63) is 24.3 Å². The molecular formula is C10H14N2O2S. The van der Waals surface area contributed by atoms with Crippen molar-refractivity contribution in [1.82, 2.24) is 0 Å². The Hall–Kier alpha value is -1.04. The molecule has 0 aliphatic carbocycles. The molecule has 1 amide bonds. The summed E-state index contributed by atoms with van der Waals surface area (Å²) in [6.45, 7) is 1.68. The first-order valence-corrected chi connectivity index (χ1v) is 5.42. The van der Waals surface area contributed by atoms with Crippen LogP contribution in [0.25, 0.3) is 0 Å². The molecule has 5 heteroatoms. The molecule has 0 fully saturated rings. The van der Waals surface area contributed by atoms with Crippen LogP contribution in [-0.2, 0) is 4.79 Å². The van der Waals surface area contributed by atoms with E-state index in [2.05, 4.69) is 5.32 Å². The van der Waals surface area contributed by atoms with Gasteiger partial charge in [-0.25, -0.2) is 0 Å². The third kappa shape index (κ3) is 4.33. The fraction of sp³-hybridized carbons (Fsp3) is 0.300. The van der Waals surface area contributed by atoms with Gasteiger partial charge in [-0.2, -0.15) is 0 Å². The molecule has 15 heavy (non-hydrogen) atoms. The topological polar surface area (TPSA) is 75.3 Å². The van der Waals surface area contributed by atoms with Crippen LogP contribution in [0.15, 0.2) is 29.2 Å². The molecule has 0 bridgehead atoms. The van der Waals surface area contributed by atoms with Gasteiger partial charge >= 0.3 is 0 Å². The predicted molar refractivity (Wildman–Crippen MR) is 61.7 cm³/mol. The Morgan fingerprint density at radius 1 is 1.53 bits per heavy atom. The summed E-state index contributed by atoms with van der Waals surface area (Å²) in [7, 11) is 0. The van der Waals surface area contributed by atoms with E-state index in [0.717, 1.165) is 10.6 Å². The van der Waals surface area contributed by atoms with Crippen molar-refractivity contribution in [2.75, 3.05) is 11.9 Å². The van der Waals surface area contributed by atoms with E-state index in [1.807, 2.05) is 12.1 Å². The molecule has 4 N–H and O–H groups in total. The zero-order valence-electron chi connectivity index (χ0n) is 8.43. The van der Waals surface area contributed by atoms with E-state index in [9.17, 15) is 9.90 Å². The van der Waals surface area contributed by atoms with Gasteiger partial charge < -0.3 is 16.2 Å². The summed E-state index contributed by atoms with van der Waals surface area (Å²) in [5.41, 5.74) is 5.45. The van der Waals surface area contributed by atoms with Crippen LogP contribution < -0.4 is 11.1 Å². The number of amides is 1. The fourth-order valence-corrected chi connectivity index (χ4v) is 1.73. The molecule has 0 aromatic heterocycles. The van der Waals surface area contributed by atoms with Crippen molar-refractivity contribution in [3.8, 4) is 0 Å². The zero-order valence-corrected chi connectivity index (χ0v) is 9.25. The lowest BCUT2D eigenvalue weighted by Crippen LogP contribution is -2.15. The molecule has 1 atom stereocenters. The second kappa shape index (κ2) is 5.75. The molecule has 0 aliphatic rings. The summed E-state index contributed by atoms with van der Waals surface area (Å²) in [5.74, 6) is -0.0996. The molecule has 0 heterocycles. The van der Waals surface area contributed by atoms with E-state index in [-0.39, 0.29) is 12.5 Å². The van der Waals surface area contributed by atoms with Gasteiger partial charge in [-0.05, 0) is 24.3 Å². The van der Waals surface area contributed by atoms with Crippen LogP contribution in [0.4, 0.5) is 5.69 Å². The molecular weight excluding hydrogens is 212 g/mol. The molecule has 82 valence electrons. The van der Waals surface area contributed by atoms with Gasteiger partial charge in [0.2, 0.25) is 5.91 Å². The number of anilines is 1. The highest BCUT2D eigenvalue weighted by molar-refractivity contribution is 7.99. The highest BCUT2D eigenvalue weighted by Gasteiger charge is 2.03. The third-order valence-electron chi connectivity index (χ3n) is 1.65. The van der Waals surface area contributed by atoms with E-state index in [1.165, 1.54) is 18.7 Å². The Morgan fingerprint density at radius 3 is 2.60 bits per heavy atom. The molecule has 4 nitrogen and oxygen atoms in total. The number of carbonyl (C=O) groups is 1. The van der Waals surface area contributed by atoms with E-state index < -0.39 is 5.44 Å². The lowest BCUT2D eigenvalue weighted by Gasteiger charge is -2.08. The van der Waals surface area contributed by atoms with Gasteiger partial charge in [0.1, 0.15) is 5.44 Å². The van der Waals surface area contributed by atoms with Crippen LogP contribution in [0.5, 0.6) is 0 Å². The van der Waals surface area contributed by atoms with E-state index in [4.69, 9.17) is 5.73 Å².